The summed E-state index contributed by atoms with van der Waals surface area (Å²) in [5, 5.41) is 2.58. The van der Waals surface area contributed by atoms with Crippen LogP contribution in [0.4, 0.5) is 0 Å². The standard InChI is InChI=1S/C14H25BrN2S2/c1-4-12(16)14(13-9-11(15)10-19-13)18-8-7-17(5-2)6-3/h9-10,12,14H,4-8,16H2,1-3H3. The normalized spacial score (nSPS) is 14.8. The lowest BCUT2D eigenvalue weighted by molar-refractivity contribution is 0.323. The zero-order valence-corrected chi connectivity index (χ0v) is 15.3. The van der Waals surface area contributed by atoms with Crippen LogP contribution in [0, 0.1) is 0 Å². The summed E-state index contributed by atoms with van der Waals surface area (Å²) in [5.41, 5.74) is 6.30. The highest BCUT2D eigenvalue weighted by molar-refractivity contribution is 9.10. The molecule has 110 valence electrons. The predicted octanol–water partition coefficient (Wildman–Crippen LogP) is 4.36. The molecule has 0 saturated heterocycles. The molecule has 0 saturated carbocycles. The Kier molecular flexibility index (Phi) is 8.66. The van der Waals surface area contributed by atoms with Crippen molar-refractivity contribution in [3.63, 3.8) is 0 Å². The number of thioether (sulfide) groups is 1. The molecule has 0 aliphatic carbocycles. The molecule has 2 N–H and O–H groups in total. The molecule has 2 nitrogen and oxygen atoms in total. The predicted molar refractivity (Wildman–Crippen MR) is 93.3 cm³/mol. The summed E-state index contributed by atoms with van der Waals surface area (Å²) in [6, 6.07) is 2.46. The van der Waals surface area contributed by atoms with Crippen LogP contribution in [0.25, 0.3) is 0 Å². The third-order valence-corrected chi connectivity index (χ3v) is 6.63. The van der Waals surface area contributed by atoms with Gasteiger partial charge in [-0.2, -0.15) is 0 Å². The van der Waals surface area contributed by atoms with Crippen LogP contribution in [0.2, 0.25) is 0 Å². The van der Waals surface area contributed by atoms with Gasteiger partial charge >= 0.3 is 0 Å². The van der Waals surface area contributed by atoms with E-state index in [4.69, 9.17) is 5.73 Å². The number of thiophene rings is 1. The largest absolute Gasteiger partial charge is 0.326 e. The summed E-state index contributed by atoms with van der Waals surface area (Å²) >= 11 is 7.35. The van der Waals surface area contributed by atoms with Gasteiger partial charge in [0.05, 0.1) is 5.25 Å². The van der Waals surface area contributed by atoms with Crippen molar-refractivity contribution in [2.24, 2.45) is 5.73 Å². The molecule has 1 aromatic rings. The van der Waals surface area contributed by atoms with Gasteiger partial charge in [0, 0.05) is 33.1 Å². The van der Waals surface area contributed by atoms with Crippen molar-refractivity contribution < 1.29 is 0 Å². The van der Waals surface area contributed by atoms with E-state index in [-0.39, 0.29) is 6.04 Å². The van der Waals surface area contributed by atoms with Crippen LogP contribution in [0.5, 0.6) is 0 Å². The second kappa shape index (κ2) is 9.40. The van der Waals surface area contributed by atoms with Crippen LogP contribution in [-0.4, -0.2) is 36.3 Å². The molecule has 0 aliphatic heterocycles. The molecular weight excluding hydrogens is 340 g/mol. The number of halogens is 1. The summed E-state index contributed by atoms with van der Waals surface area (Å²) in [7, 11) is 0. The quantitative estimate of drug-likeness (QED) is 0.705. The van der Waals surface area contributed by atoms with Gasteiger partial charge in [-0.25, -0.2) is 0 Å². The number of nitrogens with two attached hydrogens (primary N) is 1. The highest BCUT2D eigenvalue weighted by Crippen LogP contribution is 2.37. The summed E-state index contributed by atoms with van der Waals surface area (Å²) in [5.74, 6) is 1.15. The Bertz CT molecular complexity index is 353. The Morgan fingerprint density at radius 1 is 1.37 bits per heavy atom. The minimum absolute atomic E-state index is 0.243. The molecule has 19 heavy (non-hydrogen) atoms. The molecule has 1 rings (SSSR count). The number of hydrogen-bond donors (Lipinski definition) is 1. The van der Waals surface area contributed by atoms with Crippen LogP contribution in [-0.2, 0) is 0 Å². The Hall–Kier alpha value is 0.450. The molecule has 5 heteroatoms. The minimum Gasteiger partial charge on any atom is -0.326 e. The summed E-state index contributed by atoms with van der Waals surface area (Å²) in [4.78, 5) is 3.86. The molecule has 2 unspecified atom stereocenters. The van der Waals surface area contributed by atoms with E-state index in [2.05, 4.69) is 53.0 Å². The highest BCUT2D eigenvalue weighted by Gasteiger charge is 2.20. The Morgan fingerprint density at radius 3 is 2.53 bits per heavy atom. The van der Waals surface area contributed by atoms with Crippen molar-refractivity contribution in [1.82, 2.24) is 4.90 Å². The lowest BCUT2D eigenvalue weighted by Gasteiger charge is -2.23. The van der Waals surface area contributed by atoms with Crippen molar-refractivity contribution in [3.05, 3.63) is 20.8 Å². The first kappa shape index (κ1) is 17.5. The van der Waals surface area contributed by atoms with Gasteiger partial charge in [0.2, 0.25) is 0 Å². The average Bonchev–Trinajstić information content (AvgIpc) is 2.84. The van der Waals surface area contributed by atoms with Gasteiger partial charge < -0.3 is 10.6 Å². The molecule has 0 bridgehead atoms. The van der Waals surface area contributed by atoms with E-state index >= 15 is 0 Å². The van der Waals surface area contributed by atoms with Gasteiger partial charge in [-0.1, -0.05) is 20.8 Å². The lowest BCUT2D eigenvalue weighted by atomic mass is 10.1. The van der Waals surface area contributed by atoms with E-state index in [0.717, 1.165) is 31.8 Å². The van der Waals surface area contributed by atoms with Crippen LogP contribution in [0.1, 0.15) is 37.3 Å². The Balaban J connectivity index is 2.56. The molecule has 0 fully saturated rings. The van der Waals surface area contributed by atoms with Gasteiger partial charge in [0.1, 0.15) is 0 Å². The topological polar surface area (TPSA) is 29.3 Å². The zero-order valence-electron chi connectivity index (χ0n) is 12.1. The summed E-state index contributed by atoms with van der Waals surface area (Å²) < 4.78 is 1.17. The van der Waals surface area contributed by atoms with Gasteiger partial charge in [0.25, 0.3) is 0 Å². The van der Waals surface area contributed by atoms with Crippen LogP contribution in [0.3, 0.4) is 0 Å². The Labute approximate surface area is 134 Å². The Morgan fingerprint density at radius 2 is 2.05 bits per heavy atom. The molecule has 0 amide bonds. The summed E-state index contributed by atoms with van der Waals surface area (Å²) in [6.07, 6.45) is 1.03. The van der Waals surface area contributed by atoms with Crippen molar-refractivity contribution in [2.75, 3.05) is 25.4 Å². The van der Waals surface area contributed by atoms with Crippen molar-refractivity contribution in [2.45, 2.75) is 38.5 Å². The average molecular weight is 365 g/mol. The van der Waals surface area contributed by atoms with E-state index in [0.29, 0.717) is 5.25 Å². The number of nitrogens with zero attached hydrogens (tertiary/aromatic N) is 1. The highest BCUT2D eigenvalue weighted by atomic mass is 79.9. The smallest absolute Gasteiger partial charge is 0.0542 e. The second-order valence-corrected chi connectivity index (χ2v) is 7.67. The SMILES string of the molecule is CCC(N)C(SCCN(CC)CC)c1cc(Br)cs1. The third-order valence-electron chi connectivity index (χ3n) is 3.33. The molecule has 0 aromatic carbocycles. The molecular formula is C14H25BrN2S2. The van der Waals surface area contributed by atoms with Gasteiger partial charge in [-0.05, 0) is 41.5 Å². The van der Waals surface area contributed by atoms with Gasteiger partial charge in [-0.3, -0.25) is 0 Å². The van der Waals surface area contributed by atoms with Gasteiger partial charge in [-0.15, -0.1) is 23.1 Å². The van der Waals surface area contributed by atoms with Crippen molar-refractivity contribution >= 4 is 39.0 Å². The van der Waals surface area contributed by atoms with E-state index in [1.807, 2.05) is 23.1 Å². The van der Waals surface area contributed by atoms with E-state index in [1.54, 1.807) is 0 Å². The maximum atomic E-state index is 6.30. The fourth-order valence-corrected chi connectivity index (χ4v) is 5.12. The molecule has 0 spiro atoms. The third kappa shape index (κ3) is 5.76. The van der Waals surface area contributed by atoms with Crippen molar-refractivity contribution in [1.29, 1.82) is 0 Å². The second-order valence-electron chi connectivity index (χ2n) is 4.56. The fraction of sp³-hybridized carbons (Fsp3) is 0.714. The van der Waals surface area contributed by atoms with E-state index in [9.17, 15) is 0 Å². The van der Waals surface area contributed by atoms with E-state index < -0.39 is 0 Å². The van der Waals surface area contributed by atoms with Crippen LogP contribution < -0.4 is 5.73 Å². The summed E-state index contributed by atoms with van der Waals surface area (Å²) in [6.45, 7) is 10.0. The monoisotopic (exact) mass is 364 g/mol. The molecule has 1 aromatic heterocycles. The lowest BCUT2D eigenvalue weighted by Crippen LogP contribution is -2.28. The number of hydrogen-bond acceptors (Lipinski definition) is 4. The molecule has 1 heterocycles. The van der Waals surface area contributed by atoms with Crippen molar-refractivity contribution in [3.8, 4) is 0 Å². The maximum Gasteiger partial charge on any atom is 0.0542 e. The first-order chi connectivity index (χ1) is 9.12. The minimum atomic E-state index is 0.243. The molecule has 2 atom stereocenters. The molecule has 0 radical (unpaired) electrons. The zero-order chi connectivity index (χ0) is 14.3. The van der Waals surface area contributed by atoms with Crippen LogP contribution in [0.15, 0.2) is 15.9 Å². The fourth-order valence-electron chi connectivity index (χ4n) is 1.96. The first-order valence-electron chi connectivity index (χ1n) is 6.95. The van der Waals surface area contributed by atoms with E-state index in [1.165, 1.54) is 9.35 Å². The first-order valence-corrected chi connectivity index (χ1v) is 9.67. The van der Waals surface area contributed by atoms with Crippen LogP contribution >= 0.6 is 39.0 Å². The maximum absolute atomic E-state index is 6.30. The number of rotatable bonds is 9. The molecule has 0 aliphatic rings. The van der Waals surface area contributed by atoms with Gasteiger partial charge in [0.15, 0.2) is 0 Å².